The molecule has 2 unspecified atom stereocenters. The third-order valence-electron chi connectivity index (χ3n) is 2.98. The van der Waals surface area contributed by atoms with Crippen molar-refractivity contribution >= 4 is 33.6 Å². The highest BCUT2D eigenvalue weighted by molar-refractivity contribution is 9.10. The molecule has 0 radical (unpaired) electrons. The average Bonchev–Trinajstić information content (AvgIpc) is 2.33. The first-order valence-electron chi connectivity index (χ1n) is 5.69. The molecule has 1 aromatic rings. The number of hydrogen-bond donors (Lipinski definition) is 2. The molecule has 94 valence electrons. The molecule has 1 aliphatic rings. The average molecular weight is 318 g/mol. The molecule has 0 spiro atoms. The van der Waals surface area contributed by atoms with Crippen molar-refractivity contribution in [2.75, 3.05) is 17.6 Å². The van der Waals surface area contributed by atoms with E-state index in [1.165, 1.54) is 0 Å². The first-order valence-corrected chi connectivity index (χ1v) is 7.53. The zero-order valence-electron chi connectivity index (χ0n) is 9.69. The Morgan fingerprint density at radius 1 is 1.59 bits per heavy atom. The molecule has 1 saturated carbocycles. The van der Waals surface area contributed by atoms with E-state index in [4.69, 9.17) is 0 Å². The standard InChI is InChI=1S/C11H16BrN3OS/c1-2-17-9-3-4-11(9,16)7-15-10-13-5-8(12)6-14-10/h5-6,9,16H,2-4,7H2,1H3,(H,13,14,15). The third kappa shape index (κ3) is 3.11. The predicted octanol–water partition coefficient (Wildman–Crippen LogP) is 2.30. The predicted molar refractivity (Wildman–Crippen MR) is 74.3 cm³/mol. The van der Waals surface area contributed by atoms with Crippen LogP contribution in [0.15, 0.2) is 16.9 Å². The number of anilines is 1. The minimum atomic E-state index is -0.600. The normalized spacial score (nSPS) is 27.6. The molecule has 1 aromatic heterocycles. The number of aromatic nitrogens is 2. The number of halogens is 1. The number of hydrogen-bond acceptors (Lipinski definition) is 5. The van der Waals surface area contributed by atoms with Crippen LogP contribution >= 0.6 is 27.7 Å². The van der Waals surface area contributed by atoms with Gasteiger partial charge in [-0.25, -0.2) is 9.97 Å². The number of thioether (sulfide) groups is 1. The molecule has 0 bridgehead atoms. The van der Waals surface area contributed by atoms with Crippen molar-refractivity contribution < 1.29 is 5.11 Å². The topological polar surface area (TPSA) is 58.0 Å². The van der Waals surface area contributed by atoms with Crippen molar-refractivity contribution in [2.24, 2.45) is 0 Å². The summed E-state index contributed by atoms with van der Waals surface area (Å²) in [5.74, 6) is 1.61. The maximum absolute atomic E-state index is 10.4. The van der Waals surface area contributed by atoms with Crippen LogP contribution in [0, 0.1) is 0 Å². The molecule has 0 amide bonds. The second-order valence-corrected chi connectivity index (χ2v) is 6.56. The fourth-order valence-corrected chi connectivity index (χ4v) is 3.28. The van der Waals surface area contributed by atoms with E-state index in [2.05, 4.69) is 38.1 Å². The minimum absolute atomic E-state index is 0.343. The van der Waals surface area contributed by atoms with Gasteiger partial charge in [0.15, 0.2) is 0 Å². The molecule has 0 aliphatic heterocycles. The van der Waals surface area contributed by atoms with Crippen molar-refractivity contribution in [1.29, 1.82) is 0 Å². The molecule has 1 aliphatic carbocycles. The van der Waals surface area contributed by atoms with Crippen LogP contribution in [-0.4, -0.2) is 38.2 Å². The zero-order valence-corrected chi connectivity index (χ0v) is 12.1. The second-order valence-electron chi connectivity index (χ2n) is 4.16. The second kappa shape index (κ2) is 5.54. The van der Waals surface area contributed by atoms with Gasteiger partial charge in [-0.05, 0) is 34.5 Å². The van der Waals surface area contributed by atoms with Crippen LogP contribution in [0.4, 0.5) is 5.95 Å². The summed E-state index contributed by atoms with van der Waals surface area (Å²) in [6, 6.07) is 0. The zero-order chi connectivity index (χ0) is 12.3. The van der Waals surface area contributed by atoms with Gasteiger partial charge in [0, 0.05) is 24.2 Å². The van der Waals surface area contributed by atoms with E-state index < -0.39 is 5.60 Å². The van der Waals surface area contributed by atoms with E-state index in [0.717, 1.165) is 23.1 Å². The van der Waals surface area contributed by atoms with Gasteiger partial charge in [-0.1, -0.05) is 6.92 Å². The molecule has 4 nitrogen and oxygen atoms in total. The van der Waals surface area contributed by atoms with E-state index in [0.29, 0.717) is 17.7 Å². The quantitative estimate of drug-likeness (QED) is 0.872. The summed E-state index contributed by atoms with van der Waals surface area (Å²) in [5, 5.41) is 13.8. The Hall–Kier alpha value is -0.330. The highest BCUT2D eigenvalue weighted by atomic mass is 79.9. The molecule has 2 rings (SSSR count). The summed E-state index contributed by atoms with van der Waals surface area (Å²) >= 11 is 5.11. The van der Waals surface area contributed by atoms with E-state index >= 15 is 0 Å². The van der Waals surface area contributed by atoms with Crippen LogP contribution in [0.25, 0.3) is 0 Å². The molecular weight excluding hydrogens is 302 g/mol. The molecule has 2 atom stereocenters. The molecule has 1 heterocycles. The highest BCUT2D eigenvalue weighted by Gasteiger charge is 2.45. The molecule has 0 saturated heterocycles. The lowest BCUT2D eigenvalue weighted by molar-refractivity contribution is -0.0121. The summed E-state index contributed by atoms with van der Waals surface area (Å²) in [6.07, 6.45) is 5.34. The van der Waals surface area contributed by atoms with Crippen LogP contribution in [0.5, 0.6) is 0 Å². The van der Waals surface area contributed by atoms with Gasteiger partial charge >= 0.3 is 0 Å². The van der Waals surface area contributed by atoms with Crippen LogP contribution in [0.3, 0.4) is 0 Å². The van der Waals surface area contributed by atoms with E-state index in [1.807, 2.05) is 11.8 Å². The number of nitrogens with one attached hydrogen (secondary N) is 1. The summed E-state index contributed by atoms with van der Waals surface area (Å²) in [5.41, 5.74) is -0.600. The van der Waals surface area contributed by atoms with Crippen LogP contribution in [0.2, 0.25) is 0 Å². The van der Waals surface area contributed by atoms with Gasteiger partial charge in [-0.2, -0.15) is 11.8 Å². The van der Waals surface area contributed by atoms with Crippen molar-refractivity contribution in [1.82, 2.24) is 9.97 Å². The summed E-state index contributed by atoms with van der Waals surface area (Å²) in [7, 11) is 0. The fraction of sp³-hybridized carbons (Fsp3) is 0.636. The van der Waals surface area contributed by atoms with Gasteiger partial charge in [0.05, 0.1) is 10.1 Å². The Morgan fingerprint density at radius 3 is 2.82 bits per heavy atom. The van der Waals surface area contributed by atoms with Gasteiger partial charge < -0.3 is 10.4 Å². The highest BCUT2D eigenvalue weighted by Crippen LogP contribution is 2.41. The van der Waals surface area contributed by atoms with E-state index in [-0.39, 0.29) is 0 Å². The summed E-state index contributed by atoms with van der Waals surface area (Å²) in [4.78, 5) is 8.25. The molecule has 2 N–H and O–H groups in total. The van der Waals surface area contributed by atoms with Gasteiger partial charge in [0.1, 0.15) is 0 Å². The Labute approximate surface area is 114 Å². The third-order valence-corrected chi connectivity index (χ3v) is 4.80. The Kier molecular flexibility index (Phi) is 4.27. The van der Waals surface area contributed by atoms with Crippen molar-refractivity contribution in [2.45, 2.75) is 30.6 Å². The summed E-state index contributed by atoms with van der Waals surface area (Å²) < 4.78 is 0.852. The minimum Gasteiger partial charge on any atom is -0.387 e. The van der Waals surface area contributed by atoms with Crippen molar-refractivity contribution in [3.8, 4) is 0 Å². The van der Waals surface area contributed by atoms with Gasteiger partial charge in [0.2, 0.25) is 5.95 Å². The molecule has 6 heteroatoms. The fourth-order valence-electron chi connectivity index (χ4n) is 1.87. The summed E-state index contributed by atoms with van der Waals surface area (Å²) in [6.45, 7) is 2.64. The Morgan fingerprint density at radius 2 is 2.29 bits per heavy atom. The lowest BCUT2D eigenvalue weighted by atomic mass is 9.79. The monoisotopic (exact) mass is 317 g/mol. The largest absolute Gasteiger partial charge is 0.387 e. The smallest absolute Gasteiger partial charge is 0.222 e. The molecule has 1 fully saturated rings. The Balaban J connectivity index is 1.87. The number of nitrogens with zero attached hydrogens (tertiary/aromatic N) is 2. The van der Waals surface area contributed by atoms with Crippen LogP contribution in [-0.2, 0) is 0 Å². The lowest BCUT2D eigenvalue weighted by Gasteiger charge is -2.45. The van der Waals surface area contributed by atoms with Crippen LogP contribution in [0.1, 0.15) is 19.8 Å². The maximum Gasteiger partial charge on any atom is 0.222 e. The van der Waals surface area contributed by atoms with Crippen molar-refractivity contribution in [3.63, 3.8) is 0 Å². The number of aliphatic hydroxyl groups is 1. The van der Waals surface area contributed by atoms with Gasteiger partial charge in [-0.3, -0.25) is 0 Å². The SMILES string of the molecule is CCSC1CCC1(O)CNc1ncc(Br)cn1. The van der Waals surface area contributed by atoms with E-state index in [9.17, 15) is 5.11 Å². The van der Waals surface area contributed by atoms with Gasteiger partial charge in [0.25, 0.3) is 0 Å². The molecule has 0 aromatic carbocycles. The van der Waals surface area contributed by atoms with Gasteiger partial charge in [-0.15, -0.1) is 0 Å². The first kappa shape index (κ1) is 13.1. The van der Waals surface area contributed by atoms with Crippen molar-refractivity contribution in [3.05, 3.63) is 16.9 Å². The first-order chi connectivity index (χ1) is 8.14. The van der Waals surface area contributed by atoms with Crippen LogP contribution < -0.4 is 5.32 Å². The molecule has 17 heavy (non-hydrogen) atoms. The Bertz CT molecular complexity index is 375. The molecular formula is C11H16BrN3OS. The maximum atomic E-state index is 10.4. The lowest BCUT2D eigenvalue weighted by Crippen LogP contribution is -2.54. The number of rotatable bonds is 5. The van der Waals surface area contributed by atoms with E-state index in [1.54, 1.807) is 12.4 Å².